The Labute approximate surface area is 116 Å². The molecule has 1 aliphatic rings. The highest BCUT2D eigenvalue weighted by Crippen LogP contribution is 2.29. The van der Waals surface area contributed by atoms with Crippen molar-refractivity contribution in [3.63, 3.8) is 0 Å². The largest absolute Gasteiger partial charge is 0.481 e. The number of thiophene rings is 1. The third-order valence-electron chi connectivity index (χ3n) is 3.48. The predicted molar refractivity (Wildman–Crippen MR) is 73.0 cm³/mol. The summed E-state index contributed by atoms with van der Waals surface area (Å²) in [5, 5.41) is 14.0. The Bertz CT molecular complexity index is 460. The van der Waals surface area contributed by atoms with Gasteiger partial charge in [0.25, 0.3) is 0 Å². The van der Waals surface area contributed by atoms with Crippen LogP contribution in [0.4, 0.5) is 0 Å². The van der Waals surface area contributed by atoms with Crippen LogP contribution in [0, 0.1) is 5.41 Å². The fourth-order valence-electron chi connectivity index (χ4n) is 2.22. The van der Waals surface area contributed by atoms with E-state index in [0.29, 0.717) is 26.1 Å². The number of hydrogen-bond acceptors (Lipinski definition) is 4. The lowest BCUT2D eigenvalue weighted by atomic mass is 9.90. The van der Waals surface area contributed by atoms with Crippen LogP contribution in [0.15, 0.2) is 17.5 Å². The number of carbonyl (C=O) groups excluding carboxylic acids is 1. The molecule has 2 rings (SSSR count). The zero-order valence-corrected chi connectivity index (χ0v) is 11.7. The van der Waals surface area contributed by atoms with Crippen molar-refractivity contribution in [3.8, 4) is 0 Å². The van der Waals surface area contributed by atoms with Gasteiger partial charge in [-0.25, -0.2) is 0 Å². The minimum absolute atomic E-state index is 0.0527. The van der Waals surface area contributed by atoms with Crippen LogP contribution in [0.5, 0.6) is 0 Å². The summed E-state index contributed by atoms with van der Waals surface area (Å²) < 4.78 is 0. The minimum atomic E-state index is -0.783. The SMILES string of the molecule is CC1(C(=O)O)CCN(CC(=O)NCc2cccs2)C1. The second-order valence-electron chi connectivity index (χ2n) is 5.18. The zero-order valence-electron chi connectivity index (χ0n) is 10.9. The number of carboxylic acids is 1. The molecule has 1 amide bonds. The molecule has 1 aliphatic heterocycles. The van der Waals surface area contributed by atoms with E-state index in [-0.39, 0.29) is 12.5 Å². The average Bonchev–Trinajstić information content (AvgIpc) is 2.97. The molecule has 5 nitrogen and oxygen atoms in total. The molecule has 6 heteroatoms. The van der Waals surface area contributed by atoms with Crippen LogP contribution < -0.4 is 5.32 Å². The van der Waals surface area contributed by atoms with Crippen LogP contribution >= 0.6 is 11.3 Å². The molecule has 1 unspecified atom stereocenters. The lowest BCUT2D eigenvalue weighted by molar-refractivity contribution is -0.147. The van der Waals surface area contributed by atoms with Crippen molar-refractivity contribution < 1.29 is 14.7 Å². The lowest BCUT2D eigenvalue weighted by Crippen LogP contribution is -2.38. The van der Waals surface area contributed by atoms with Gasteiger partial charge in [0.1, 0.15) is 0 Å². The van der Waals surface area contributed by atoms with Gasteiger partial charge in [-0.15, -0.1) is 11.3 Å². The molecule has 0 bridgehead atoms. The van der Waals surface area contributed by atoms with Gasteiger partial charge in [0.05, 0.1) is 18.5 Å². The Morgan fingerprint density at radius 1 is 1.58 bits per heavy atom. The standard InChI is InChI=1S/C13H18N2O3S/c1-13(12(17)18)4-5-15(9-13)8-11(16)14-7-10-3-2-6-19-10/h2-3,6H,4-5,7-9H2,1H3,(H,14,16)(H,17,18). The fourth-order valence-corrected chi connectivity index (χ4v) is 2.87. The van der Waals surface area contributed by atoms with E-state index in [2.05, 4.69) is 5.32 Å². The van der Waals surface area contributed by atoms with Gasteiger partial charge < -0.3 is 10.4 Å². The number of rotatable bonds is 5. The molecule has 2 N–H and O–H groups in total. The quantitative estimate of drug-likeness (QED) is 0.850. The summed E-state index contributed by atoms with van der Waals surface area (Å²) in [6.45, 7) is 3.65. The molecule has 0 spiro atoms. The van der Waals surface area contributed by atoms with Gasteiger partial charge in [-0.1, -0.05) is 6.07 Å². The Kier molecular flexibility index (Phi) is 4.21. The molecule has 0 aromatic carbocycles. The summed E-state index contributed by atoms with van der Waals surface area (Å²) in [4.78, 5) is 25.9. The number of carbonyl (C=O) groups is 2. The summed E-state index contributed by atoms with van der Waals surface area (Å²) in [5.41, 5.74) is -0.714. The lowest BCUT2D eigenvalue weighted by Gasteiger charge is -2.19. The molecule has 1 atom stereocenters. The van der Waals surface area contributed by atoms with Gasteiger partial charge in [0.2, 0.25) is 5.91 Å². The Morgan fingerprint density at radius 3 is 2.95 bits per heavy atom. The highest BCUT2D eigenvalue weighted by atomic mass is 32.1. The van der Waals surface area contributed by atoms with Crippen LogP contribution in [0.25, 0.3) is 0 Å². The third kappa shape index (κ3) is 3.54. The molecule has 1 aromatic heterocycles. The summed E-state index contributed by atoms with van der Waals surface area (Å²) in [6.07, 6.45) is 0.598. The van der Waals surface area contributed by atoms with E-state index in [1.807, 2.05) is 22.4 Å². The van der Waals surface area contributed by atoms with Crippen LogP contribution in [0.2, 0.25) is 0 Å². The van der Waals surface area contributed by atoms with Gasteiger partial charge in [-0.05, 0) is 31.3 Å². The van der Waals surface area contributed by atoms with E-state index < -0.39 is 11.4 Å². The molecular weight excluding hydrogens is 264 g/mol. The van der Waals surface area contributed by atoms with Crippen molar-refractivity contribution in [1.29, 1.82) is 0 Å². The maximum atomic E-state index is 11.8. The molecule has 0 aliphatic carbocycles. The van der Waals surface area contributed by atoms with E-state index in [1.54, 1.807) is 18.3 Å². The van der Waals surface area contributed by atoms with Crippen LogP contribution in [-0.2, 0) is 16.1 Å². The maximum Gasteiger partial charge on any atom is 0.310 e. The number of carboxylic acid groups (broad SMARTS) is 1. The first-order valence-corrected chi connectivity index (χ1v) is 7.12. The summed E-state index contributed by atoms with van der Waals surface area (Å²) in [6, 6.07) is 3.92. The summed E-state index contributed by atoms with van der Waals surface area (Å²) in [7, 11) is 0. The second kappa shape index (κ2) is 5.71. The predicted octanol–water partition coefficient (Wildman–Crippen LogP) is 1.16. The minimum Gasteiger partial charge on any atom is -0.481 e. The molecular formula is C13H18N2O3S. The van der Waals surface area contributed by atoms with Crippen molar-refractivity contribution in [1.82, 2.24) is 10.2 Å². The van der Waals surface area contributed by atoms with Crippen molar-refractivity contribution in [2.75, 3.05) is 19.6 Å². The van der Waals surface area contributed by atoms with E-state index in [4.69, 9.17) is 5.11 Å². The number of nitrogens with zero attached hydrogens (tertiary/aromatic N) is 1. The first kappa shape index (κ1) is 14.0. The van der Waals surface area contributed by atoms with Gasteiger partial charge >= 0.3 is 5.97 Å². The van der Waals surface area contributed by atoms with E-state index in [9.17, 15) is 9.59 Å². The van der Waals surface area contributed by atoms with Gasteiger partial charge in [0, 0.05) is 11.4 Å². The number of amides is 1. The van der Waals surface area contributed by atoms with E-state index in [0.717, 1.165) is 4.88 Å². The van der Waals surface area contributed by atoms with Crippen LogP contribution in [-0.4, -0.2) is 41.5 Å². The average molecular weight is 282 g/mol. The van der Waals surface area contributed by atoms with Crippen LogP contribution in [0.1, 0.15) is 18.2 Å². The van der Waals surface area contributed by atoms with E-state index >= 15 is 0 Å². The van der Waals surface area contributed by atoms with Crippen molar-refractivity contribution in [2.45, 2.75) is 19.9 Å². The number of nitrogens with one attached hydrogen (secondary N) is 1. The van der Waals surface area contributed by atoms with E-state index in [1.165, 1.54) is 0 Å². The molecule has 2 heterocycles. The third-order valence-corrected chi connectivity index (χ3v) is 4.35. The molecule has 1 aromatic rings. The summed E-state index contributed by atoms with van der Waals surface area (Å²) in [5.74, 6) is -0.836. The van der Waals surface area contributed by atoms with Crippen molar-refractivity contribution in [3.05, 3.63) is 22.4 Å². The molecule has 0 radical (unpaired) electrons. The molecule has 1 fully saturated rings. The zero-order chi connectivity index (χ0) is 13.9. The van der Waals surface area contributed by atoms with Gasteiger partial charge in [-0.3, -0.25) is 14.5 Å². The normalized spacial score (nSPS) is 23.4. The Morgan fingerprint density at radius 2 is 2.37 bits per heavy atom. The molecule has 0 saturated carbocycles. The van der Waals surface area contributed by atoms with Crippen LogP contribution in [0.3, 0.4) is 0 Å². The Hall–Kier alpha value is -1.40. The first-order valence-electron chi connectivity index (χ1n) is 6.24. The van der Waals surface area contributed by atoms with Crippen molar-refractivity contribution in [2.24, 2.45) is 5.41 Å². The highest BCUT2D eigenvalue weighted by molar-refractivity contribution is 7.09. The molecule has 19 heavy (non-hydrogen) atoms. The van der Waals surface area contributed by atoms with Crippen molar-refractivity contribution >= 4 is 23.2 Å². The topological polar surface area (TPSA) is 69.6 Å². The fraction of sp³-hybridized carbons (Fsp3) is 0.538. The summed E-state index contributed by atoms with van der Waals surface area (Å²) >= 11 is 1.61. The number of likely N-dealkylation sites (tertiary alicyclic amines) is 1. The molecule has 104 valence electrons. The monoisotopic (exact) mass is 282 g/mol. The smallest absolute Gasteiger partial charge is 0.310 e. The Balaban J connectivity index is 1.76. The highest BCUT2D eigenvalue weighted by Gasteiger charge is 2.40. The number of hydrogen-bond donors (Lipinski definition) is 2. The maximum absolute atomic E-state index is 11.8. The molecule has 1 saturated heterocycles. The van der Waals surface area contributed by atoms with Gasteiger partial charge in [0.15, 0.2) is 0 Å². The first-order chi connectivity index (χ1) is 8.99. The number of aliphatic carboxylic acids is 1. The van der Waals surface area contributed by atoms with Gasteiger partial charge in [-0.2, -0.15) is 0 Å². The second-order valence-corrected chi connectivity index (χ2v) is 6.21.